The Balaban J connectivity index is 1.23. The van der Waals surface area contributed by atoms with Gasteiger partial charge in [0.2, 0.25) is 5.91 Å². The molecule has 1 aliphatic rings. The molecule has 0 bridgehead atoms. The minimum absolute atomic E-state index is 0.0570. The summed E-state index contributed by atoms with van der Waals surface area (Å²) in [6, 6.07) is 17.9. The normalized spacial score (nSPS) is 17.5. The molecular weight excluding hydrogens is 370 g/mol. The van der Waals surface area contributed by atoms with Crippen LogP contribution in [0.3, 0.4) is 0 Å². The van der Waals surface area contributed by atoms with Crippen molar-refractivity contribution in [2.45, 2.75) is 18.8 Å². The summed E-state index contributed by atoms with van der Waals surface area (Å²) in [6.07, 6.45) is 2.24. The van der Waals surface area contributed by atoms with Crippen LogP contribution in [0.5, 0.6) is 5.75 Å². The van der Waals surface area contributed by atoms with E-state index in [1.807, 2.05) is 36.4 Å². The van der Waals surface area contributed by atoms with E-state index in [-0.39, 0.29) is 5.91 Å². The molecule has 4 rings (SSSR count). The average Bonchev–Trinajstić information content (AvgIpc) is 3.17. The van der Waals surface area contributed by atoms with E-state index in [4.69, 9.17) is 9.72 Å². The monoisotopic (exact) mass is 395 g/mol. The predicted octanol–water partition coefficient (Wildman–Crippen LogP) is 3.67. The topological polar surface area (TPSA) is 54.5 Å². The predicted molar refractivity (Wildman–Crippen MR) is 113 cm³/mol. The van der Waals surface area contributed by atoms with E-state index in [1.54, 1.807) is 11.3 Å². The average molecular weight is 396 g/mol. The first-order chi connectivity index (χ1) is 13.8. The highest BCUT2D eigenvalue weighted by atomic mass is 32.1. The summed E-state index contributed by atoms with van der Waals surface area (Å²) in [5, 5.41) is 4.15. The van der Waals surface area contributed by atoms with Gasteiger partial charge in [0.25, 0.3) is 0 Å². The number of ether oxygens (including phenoxy) is 1. The van der Waals surface area contributed by atoms with Gasteiger partial charge in [0.1, 0.15) is 12.4 Å². The third-order valence-electron chi connectivity index (χ3n) is 4.97. The highest BCUT2D eigenvalue weighted by molar-refractivity contribution is 7.18. The van der Waals surface area contributed by atoms with Gasteiger partial charge in [-0.3, -0.25) is 9.69 Å². The first kappa shape index (κ1) is 18.9. The number of benzene rings is 2. The van der Waals surface area contributed by atoms with Crippen LogP contribution in [0.2, 0.25) is 0 Å². The zero-order chi connectivity index (χ0) is 19.2. The second-order valence-corrected chi connectivity index (χ2v) is 8.17. The maximum atomic E-state index is 12.3. The molecule has 28 heavy (non-hydrogen) atoms. The number of likely N-dealkylation sites (tertiary alicyclic amines) is 1. The van der Waals surface area contributed by atoms with Crippen LogP contribution in [0.15, 0.2) is 54.6 Å². The molecular formula is C22H25N3O2S. The van der Waals surface area contributed by atoms with Crippen LogP contribution in [0.1, 0.15) is 23.8 Å². The number of piperidine rings is 1. The minimum atomic E-state index is 0.0570. The largest absolute Gasteiger partial charge is 0.492 e. The zero-order valence-corrected chi connectivity index (χ0v) is 16.7. The van der Waals surface area contributed by atoms with Crippen molar-refractivity contribution in [3.8, 4) is 5.75 Å². The zero-order valence-electron chi connectivity index (χ0n) is 15.8. The van der Waals surface area contributed by atoms with Crippen molar-refractivity contribution < 1.29 is 9.53 Å². The smallest absolute Gasteiger partial charge is 0.234 e. The summed E-state index contributed by atoms with van der Waals surface area (Å²) in [4.78, 5) is 19.3. The molecule has 5 nitrogen and oxygen atoms in total. The highest BCUT2D eigenvalue weighted by Gasteiger charge is 2.25. The first-order valence-corrected chi connectivity index (χ1v) is 10.6. The Morgan fingerprint density at radius 2 is 2.00 bits per heavy atom. The number of hydrogen-bond acceptors (Lipinski definition) is 5. The number of para-hydroxylation sites is 2. The van der Waals surface area contributed by atoms with Crippen LogP contribution in [-0.4, -0.2) is 48.6 Å². The maximum absolute atomic E-state index is 12.3. The third kappa shape index (κ3) is 4.88. The van der Waals surface area contributed by atoms with Crippen LogP contribution < -0.4 is 10.1 Å². The lowest BCUT2D eigenvalue weighted by atomic mass is 9.99. The fraction of sp³-hybridized carbons (Fsp3) is 0.364. The summed E-state index contributed by atoms with van der Waals surface area (Å²) in [5.41, 5.74) is 1.08. The molecule has 1 N–H and O–H groups in total. The van der Waals surface area contributed by atoms with Crippen molar-refractivity contribution in [3.63, 3.8) is 0 Å². The Kier molecular flexibility index (Phi) is 6.19. The Morgan fingerprint density at radius 3 is 2.86 bits per heavy atom. The summed E-state index contributed by atoms with van der Waals surface area (Å²) < 4.78 is 6.86. The van der Waals surface area contributed by atoms with Gasteiger partial charge in [-0.1, -0.05) is 30.3 Å². The third-order valence-corrected chi connectivity index (χ3v) is 6.17. The van der Waals surface area contributed by atoms with Crippen molar-refractivity contribution in [2.24, 2.45) is 0 Å². The molecule has 0 radical (unpaired) electrons. The summed E-state index contributed by atoms with van der Waals surface area (Å²) in [6.45, 7) is 3.29. The van der Waals surface area contributed by atoms with Gasteiger partial charge >= 0.3 is 0 Å². The molecule has 1 saturated heterocycles. The van der Waals surface area contributed by atoms with Gasteiger partial charge in [0.15, 0.2) is 0 Å². The molecule has 1 fully saturated rings. The van der Waals surface area contributed by atoms with Gasteiger partial charge in [-0.25, -0.2) is 4.98 Å². The molecule has 1 aliphatic heterocycles. The summed E-state index contributed by atoms with van der Waals surface area (Å²) >= 11 is 1.78. The van der Waals surface area contributed by atoms with E-state index in [0.717, 1.165) is 37.2 Å². The van der Waals surface area contributed by atoms with Gasteiger partial charge < -0.3 is 10.1 Å². The molecule has 1 atom stereocenters. The first-order valence-electron chi connectivity index (χ1n) is 9.80. The van der Waals surface area contributed by atoms with E-state index in [0.29, 0.717) is 25.6 Å². The number of amides is 1. The number of fused-ring (bicyclic) bond motifs is 1. The van der Waals surface area contributed by atoms with Crippen LogP contribution >= 0.6 is 11.3 Å². The standard InChI is InChI=1S/C22H25N3O2S/c26-21(23-12-14-27-18-8-2-1-3-9-18)16-25-13-6-7-17(15-25)22-24-19-10-4-5-11-20(19)28-22/h1-5,8-11,17H,6-7,12-16H2,(H,23,26)/t17-/m1/s1. The Labute approximate surface area is 169 Å². The van der Waals surface area contributed by atoms with Crippen LogP contribution in [0, 0.1) is 0 Å². The molecule has 0 aliphatic carbocycles. The molecule has 0 unspecified atom stereocenters. The number of rotatable bonds is 7. The quantitative estimate of drug-likeness (QED) is 0.620. The Bertz CT molecular complexity index is 879. The highest BCUT2D eigenvalue weighted by Crippen LogP contribution is 2.32. The van der Waals surface area contributed by atoms with E-state index in [9.17, 15) is 4.79 Å². The fourth-order valence-electron chi connectivity index (χ4n) is 3.60. The number of hydrogen-bond donors (Lipinski definition) is 1. The van der Waals surface area contributed by atoms with Crippen LogP contribution in [-0.2, 0) is 4.79 Å². The van der Waals surface area contributed by atoms with Gasteiger partial charge in [-0.15, -0.1) is 11.3 Å². The Morgan fingerprint density at radius 1 is 1.18 bits per heavy atom. The molecule has 146 valence electrons. The maximum Gasteiger partial charge on any atom is 0.234 e. The molecule has 3 aromatic rings. The molecule has 6 heteroatoms. The van der Waals surface area contributed by atoms with Gasteiger partial charge in [0.05, 0.1) is 28.3 Å². The number of carbonyl (C=O) groups is 1. The van der Waals surface area contributed by atoms with Crippen molar-refractivity contribution in [1.82, 2.24) is 15.2 Å². The number of nitrogens with zero attached hydrogens (tertiary/aromatic N) is 2. The fourth-order valence-corrected chi connectivity index (χ4v) is 4.69. The molecule has 0 saturated carbocycles. The number of aromatic nitrogens is 1. The van der Waals surface area contributed by atoms with Crippen LogP contribution in [0.4, 0.5) is 0 Å². The van der Waals surface area contributed by atoms with Gasteiger partial charge in [-0.2, -0.15) is 0 Å². The van der Waals surface area contributed by atoms with Crippen LogP contribution in [0.25, 0.3) is 10.2 Å². The van der Waals surface area contributed by atoms with Crippen molar-refractivity contribution in [1.29, 1.82) is 0 Å². The van der Waals surface area contributed by atoms with E-state index < -0.39 is 0 Å². The summed E-state index contributed by atoms with van der Waals surface area (Å²) in [5.74, 6) is 1.30. The molecule has 0 spiro atoms. The van der Waals surface area contributed by atoms with Crippen molar-refractivity contribution in [2.75, 3.05) is 32.8 Å². The lowest BCUT2D eigenvalue weighted by Crippen LogP contribution is -2.42. The number of carbonyl (C=O) groups excluding carboxylic acids is 1. The molecule has 1 amide bonds. The molecule has 2 aromatic carbocycles. The second-order valence-electron chi connectivity index (χ2n) is 7.11. The lowest BCUT2D eigenvalue weighted by molar-refractivity contribution is -0.122. The number of thiazole rings is 1. The molecule has 1 aromatic heterocycles. The number of nitrogens with one attached hydrogen (secondary N) is 1. The second kappa shape index (κ2) is 9.17. The Hall–Kier alpha value is -2.44. The minimum Gasteiger partial charge on any atom is -0.492 e. The summed E-state index contributed by atoms with van der Waals surface area (Å²) in [7, 11) is 0. The van der Waals surface area contributed by atoms with E-state index in [2.05, 4.69) is 28.4 Å². The lowest BCUT2D eigenvalue weighted by Gasteiger charge is -2.31. The van der Waals surface area contributed by atoms with Gasteiger partial charge in [0, 0.05) is 12.5 Å². The van der Waals surface area contributed by atoms with E-state index in [1.165, 1.54) is 9.71 Å². The van der Waals surface area contributed by atoms with Crippen molar-refractivity contribution in [3.05, 3.63) is 59.6 Å². The van der Waals surface area contributed by atoms with Gasteiger partial charge in [-0.05, 0) is 43.7 Å². The van der Waals surface area contributed by atoms with E-state index >= 15 is 0 Å². The SMILES string of the molecule is O=C(CN1CCC[C@@H](c2nc3ccccc3s2)C1)NCCOc1ccccc1. The molecule has 2 heterocycles. The van der Waals surface area contributed by atoms with Crippen molar-refractivity contribution >= 4 is 27.5 Å².